The number of hydrogen-bond donors (Lipinski definition) is 1. The van der Waals surface area contributed by atoms with E-state index < -0.39 is 6.23 Å². The van der Waals surface area contributed by atoms with Gasteiger partial charge in [0.2, 0.25) is 0 Å². The number of nitrogens with zero attached hydrogens (tertiary/aromatic N) is 1. The highest BCUT2D eigenvalue weighted by Crippen LogP contribution is 2.43. The van der Waals surface area contributed by atoms with E-state index in [1.165, 1.54) is 11.0 Å². The molecule has 1 heterocycles. The van der Waals surface area contributed by atoms with Crippen LogP contribution in [-0.2, 0) is 4.74 Å². The molecule has 2 aliphatic rings. The molecule has 0 radical (unpaired) electrons. The van der Waals surface area contributed by atoms with Crippen LogP contribution in [0.5, 0.6) is 17.2 Å². The molecule has 1 atom stereocenters. The smallest absolute Gasteiger partial charge is 0.264 e. The van der Waals surface area contributed by atoms with Crippen LogP contribution >= 0.6 is 0 Å². The number of phenols is 1. The Bertz CT molecular complexity index is 860. The third-order valence-corrected chi connectivity index (χ3v) is 5.25. The van der Waals surface area contributed by atoms with Gasteiger partial charge in [-0.2, -0.15) is 0 Å². The van der Waals surface area contributed by atoms with Crippen molar-refractivity contribution in [1.29, 1.82) is 0 Å². The molecule has 2 aromatic carbocycles. The number of fused-ring (bicyclic) bond motifs is 1. The molecule has 1 N–H and O–H groups in total. The third-order valence-electron chi connectivity index (χ3n) is 5.25. The zero-order valence-corrected chi connectivity index (χ0v) is 15.5. The van der Waals surface area contributed by atoms with E-state index in [0.717, 1.165) is 25.7 Å². The first-order valence-corrected chi connectivity index (χ1v) is 9.17. The van der Waals surface area contributed by atoms with E-state index >= 15 is 0 Å². The van der Waals surface area contributed by atoms with Crippen molar-refractivity contribution in [2.45, 2.75) is 38.0 Å². The van der Waals surface area contributed by atoms with Gasteiger partial charge in [-0.15, -0.1) is 0 Å². The van der Waals surface area contributed by atoms with Gasteiger partial charge >= 0.3 is 0 Å². The maximum absolute atomic E-state index is 13.0. The average molecular weight is 369 g/mol. The summed E-state index contributed by atoms with van der Waals surface area (Å²) >= 11 is 0. The number of carbonyl (C=O) groups is 1. The molecular weight excluding hydrogens is 346 g/mol. The van der Waals surface area contributed by atoms with E-state index in [0.29, 0.717) is 22.7 Å². The molecular formula is C21H23NO5. The van der Waals surface area contributed by atoms with Crippen LogP contribution in [0.3, 0.4) is 0 Å². The summed E-state index contributed by atoms with van der Waals surface area (Å²) in [6, 6.07) is 10.4. The predicted molar refractivity (Wildman–Crippen MR) is 101 cm³/mol. The second kappa shape index (κ2) is 7.12. The van der Waals surface area contributed by atoms with Crippen molar-refractivity contribution in [1.82, 2.24) is 0 Å². The third kappa shape index (κ3) is 3.00. The van der Waals surface area contributed by atoms with Gasteiger partial charge in [0.25, 0.3) is 5.91 Å². The van der Waals surface area contributed by atoms with E-state index in [1.807, 2.05) is 6.07 Å². The van der Waals surface area contributed by atoms with Crippen molar-refractivity contribution < 1.29 is 24.1 Å². The number of aromatic hydroxyl groups is 1. The van der Waals surface area contributed by atoms with E-state index in [2.05, 4.69) is 0 Å². The van der Waals surface area contributed by atoms with Gasteiger partial charge < -0.3 is 19.3 Å². The molecule has 0 spiro atoms. The van der Waals surface area contributed by atoms with Crippen molar-refractivity contribution in [3.05, 3.63) is 47.5 Å². The fourth-order valence-electron chi connectivity index (χ4n) is 3.94. The van der Waals surface area contributed by atoms with Gasteiger partial charge in [0.15, 0.2) is 17.7 Å². The Hall–Kier alpha value is -2.73. The second-order valence-electron chi connectivity index (χ2n) is 6.86. The second-order valence-corrected chi connectivity index (χ2v) is 6.86. The zero-order valence-electron chi connectivity index (χ0n) is 15.5. The maximum Gasteiger partial charge on any atom is 0.264 e. The Morgan fingerprint density at radius 2 is 1.85 bits per heavy atom. The largest absolute Gasteiger partial charge is 0.507 e. The summed E-state index contributed by atoms with van der Waals surface area (Å²) < 4.78 is 17.2. The molecule has 27 heavy (non-hydrogen) atoms. The first-order chi connectivity index (χ1) is 13.1. The number of ether oxygens (including phenoxy) is 3. The summed E-state index contributed by atoms with van der Waals surface area (Å²) in [6.45, 7) is 0. The number of methoxy groups -OCH3 is 2. The minimum Gasteiger partial charge on any atom is -0.507 e. The van der Waals surface area contributed by atoms with Crippen LogP contribution in [0.25, 0.3) is 0 Å². The Balaban J connectivity index is 1.72. The monoisotopic (exact) mass is 369 g/mol. The van der Waals surface area contributed by atoms with Crippen molar-refractivity contribution in [2.75, 3.05) is 19.1 Å². The highest BCUT2D eigenvalue weighted by Gasteiger charge is 2.40. The Morgan fingerprint density at radius 3 is 2.56 bits per heavy atom. The lowest BCUT2D eigenvalue weighted by Crippen LogP contribution is -2.28. The first kappa shape index (κ1) is 17.7. The lowest BCUT2D eigenvalue weighted by molar-refractivity contribution is 0.0822. The van der Waals surface area contributed by atoms with E-state index in [4.69, 9.17) is 14.2 Å². The maximum atomic E-state index is 13.0. The zero-order chi connectivity index (χ0) is 19.0. The van der Waals surface area contributed by atoms with E-state index in [-0.39, 0.29) is 23.3 Å². The molecule has 142 valence electrons. The first-order valence-electron chi connectivity index (χ1n) is 9.17. The van der Waals surface area contributed by atoms with Gasteiger partial charge in [-0.05, 0) is 43.9 Å². The Labute approximate surface area is 158 Å². The van der Waals surface area contributed by atoms with Crippen LogP contribution in [0.4, 0.5) is 5.69 Å². The summed E-state index contributed by atoms with van der Waals surface area (Å²) in [5, 5.41) is 10.2. The predicted octanol–water partition coefficient (Wildman–Crippen LogP) is 4.03. The Kier molecular flexibility index (Phi) is 4.66. The molecule has 0 saturated heterocycles. The quantitative estimate of drug-likeness (QED) is 0.862. The van der Waals surface area contributed by atoms with E-state index in [9.17, 15) is 9.90 Å². The number of rotatable bonds is 5. The Morgan fingerprint density at radius 1 is 1.07 bits per heavy atom. The molecule has 1 fully saturated rings. The molecule has 2 aromatic rings. The number of hydrogen-bond acceptors (Lipinski definition) is 5. The highest BCUT2D eigenvalue weighted by molar-refractivity contribution is 6.12. The molecule has 6 heteroatoms. The number of anilines is 1. The van der Waals surface area contributed by atoms with E-state index in [1.54, 1.807) is 38.5 Å². The molecule has 1 aliphatic heterocycles. The van der Waals surface area contributed by atoms with Crippen LogP contribution in [0.2, 0.25) is 0 Å². The minimum absolute atomic E-state index is 0.0435. The average Bonchev–Trinajstić information content (AvgIpc) is 3.28. The van der Waals surface area contributed by atoms with Crippen molar-refractivity contribution in [3.8, 4) is 17.2 Å². The lowest BCUT2D eigenvalue weighted by Gasteiger charge is -2.25. The fourth-order valence-corrected chi connectivity index (χ4v) is 3.94. The molecule has 1 unspecified atom stereocenters. The molecule has 1 aliphatic carbocycles. The molecule has 0 aromatic heterocycles. The van der Waals surface area contributed by atoms with Gasteiger partial charge in [-0.1, -0.05) is 12.1 Å². The fraction of sp³-hybridized carbons (Fsp3) is 0.381. The van der Waals surface area contributed by atoms with Gasteiger partial charge in [0.05, 0.1) is 24.5 Å². The number of carbonyl (C=O) groups excluding carboxylic acids is 1. The summed E-state index contributed by atoms with van der Waals surface area (Å²) in [7, 11) is 3.15. The number of benzene rings is 2. The summed E-state index contributed by atoms with van der Waals surface area (Å²) in [4.78, 5) is 14.5. The van der Waals surface area contributed by atoms with Gasteiger partial charge in [0.1, 0.15) is 5.75 Å². The normalized spacial score (nSPS) is 19.4. The highest BCUT2D eigenvalue weighted by atomic mass is 16.5. The number of phenolic OH excluding ortho intramolecular Hbond substituents is 1. The van der Waals surface area contributed by atoms with Crippen LogP contribution in [0.1, 0.15) is 47.8 Å². The molecule has 1 amide bonds. The molecule has 4 rings (SSSR count). The summed E-state index contributed by atoms with van der Waals surface area (Å²) in [5.41, 5.74) is 1.56. The van der Waals surface area contributed by atoms with Crippen LogP contribution in [0.15, 0.2) is 36.4 Å². The SMILES string of the molecule is COc1ccc(N2C(=O)c3c(O)cccc3C2OC)cc1OC1CCCC1. The van der Waals surface area contributed by atoms with Crippen molar-refractivity contribution in [2.24, 2.45) is 0 Å². The minimum atomic E-state index is -0.604. The lowest BCUT2D eigenvalue weighted by atomic mass is 10.1. The summed E-state index contributed by atoms with van der Waals surface area (Å²) in [5.74, 6) is 0.904. The van der Waals surface area contributed by atoms with Crippen LogP contribution in [-0.4, -0.2) is 31.3 Å². The summed E-state index contributed by atoms with van der Waals surface area (Å²) in [6.07, 6.45) is 3.94. The van der Waals surface area contributed by atoms with Crippen LogP contribution < -0.4 is 14.4 Å². The molecule has 1 saturated carbocycles. The van der Waals surface area contributed by atoms with Gasteiger partial charge in [-0.25, -0.2) is 0 Å². The topological polar surface area (TPSA) is 68.2 Å². The molecule has 0 bridgehead atoms. The van der Waals surface area contributed by atoms with Crippen LogP contribution in [0, 0.1) is 0 Å². The van der Waals surface area contributed by atoms with Gasteiger partial charge in [-0.3, -0.25) is 9.69 Å². The number of amides is 1. The molecule has 6 nitrogen and oxygen atoms in total. The van der Waals surface area contributed by atoms with Gasteiger partial charge in [0, 0.05) is 18.7 Å². The van der Waals surface area contributed by atoms with Crippen molar-refractivity contribution in [3.63, 3.8) is 0 Å². The standard InChI is InChI=1S/C21H23NO5/c1-25-17-11-10-13(12-18(17)27-14-6-3-4-7-14)22-20(24)19-15(21(22)26-2)8-5-9-16(19)23/h5,8-12,14,21,23H,3-4,6-7H2,1-2H3. The van der Waals surface area contributed by atoms with Crippen molar-refractivity contribution >= 4 is 11.6 Å².